The van der Waals surface area contributed by atoms with Crippen molar-refractivity contribution >= 4 is 51.1 Å². The van der Waals surface area contributed by atoms with Crippen LogP contribution in [-0.4, -0.2) is 56.4 Å². The average Bonchev–Trinajstić information content (AvgIpc) is 3.76. The Morgan fingerprint density at radius 1 is 1.14 bits per heavy atom. The van der Waals surface area contributed by atoms with E-state index >= 15 is 0 Å². The molecule has 1 aliphatic carbocycles. The fourth-order valence-electron chi connectivity index (χ4n) is 3.71. The number of alkyl halides is 2. The summed E-state index contributed by atoms with van der Waals surface area (Å²) in [6.07, 6.45) is 5.49. The second-order valence-electron chi connectivity index (χ2n) is 9.56. The Morgan fingerprint density at radius 3 is 2.39 bits per heavy atom. The molecule has 2 aromatic heterocycles. The average molecular weight is 677 g/mol. The zero-order valence-electron chi connectivity index (χ0n) is 22.7. The smallest absolute Gasteiger partial charge is 0.387 e. The minimum Gasteiger partial charge on any atom is -0.619 e. The van der Waals surface area contributed by atoms with Crippen molar-refractivity contribution in [2.24, 2.45) is 5.92 Å². The molecule has 1 fully saturated rings. The number of pyridine rings is 1. The number of sulfonamides is 1. The van der Waals surface area contributed by atoms with E-state index in [1.807, 2.05) is 4.72 Å². The maximum absolute atomic E-state index is 13.0. The normalized spacial score (nSPS) is 13.7. The van der Waals surface area contributed by atoms with Gasteiger partial charge in [0.2, 0.25) is 16.0 Å². The third kappa shape index (κ3) is 9.75. The summed E-state index contributed by atoms with van der Waals surface area (Å²) < 4.78 is 71.9. The van der Waals surface area contributed by atoms with E-state index < -0.39 is 41.3 Å². The number of nitrogens with one attached hydrogen (secondary N) is 1. The largest absolute Gasteiger partial charge is 0.619 e. The quantitative estimate of drug-likeness (QED) is 0.149. The van der Waals surface area contributed by atoms with Crippen LogP contribution in [0.5, 0.6) is 11.5 Å². The lowest BCUT2D eigenvalue weighted by molar-refractivity contribution is -0.605. The maximum atomic E-state index is 13.0. The predicted molar refractivity (Wildman–Crippen MR) is 150 cm³/mol. The number of hydrogen-bond donors (Lipinski definition) is 1. The van der Waals surface area contributed by atoms with Gasteiger partial charge in [-0.15, -0.1) is 0 Å². The maximum Gasteiger partial charge on any atom is 0.387 e. The van der Waals surface area contributed by atoms with Gasteiger partial charge in [0.1, 0.15) is 16.1 Å². The molecule has 236 valence electrons. The van der Waals surface area contributed by atoms with Crippen molar-refractivity contribution < 1.29 is 50.5 Å². The van der Waals surface area contributed by atoms with Gasteiger partial charge >= 0.3 is 18.6 Å². The molecule has 3 aromatic rings. The Kier molecular flexibility index (Phi) is 10.6. The van der Waals surface area contributed by atoms with E-state index in [0.717, 1.165) is 43.9 Å². The third-order valence-electron chi connectivity index (χ3n) is 5.93. The SMILES string of the molecule is CS(=O)(=O)Nc1ncc(C(=O)OCC(=O)OC(Cc2c(Cl)c[n+]([O-])cc2Cl)c2ccc(OC(F)F)c(OCC3CC3)c2)cn1. The number of benzene rings is 1. The Bertz CT molecular complexity index is 1610. The van der Waals surface area contributed by atoms with Crippen LogP contribution in [0.1, 0.15) is 40.4 Å². The highest BCUT2D eigenvalue weighted by Crippen LogP contribution is 2.37. The lowest BCUT2D eigenvalue weighted by atomic mass is 10.0. The van der Waals surface area contributed by atoms with Gasteiger partial charge in [-0.2, -0.15) is 13.5 Å². The molecule has 0 aliphatic heterocycles. The molecule has 18 heteroatoms. The molecule has 1 aliphatic rings. The van der Waals surface area contributed by atoms with Crippen LogP contribution >= 0.6 is 23.2 Å². The summed E-state index contributed by atoms with van der Waals surface area (Å²) in [6.45, 7) is -3.73. The Hall–Kier alpha value is -4.02. The number of ether oxygens (including phenoxy) is 4. The van der Waals surface area contributed by atoms with Crippen molar-refractivity contribution in [3.05, 3.63) is 74.9 Å². The van der Waals surface area contributed by atoms with Crippen LogP contribution < -0.4 is 18.9 Å². The summed E-state index contributed by atoms with van der Waals surface area (Å²) in [5, 5.41) is 11.7. The fraction of sp³-hybridized carbons (Fsp3) is 0.346. The summed E-state index contributed by atoms with van der Waals surface area (Å²) in [7, 11) is -3.65. The zero-order valence-corrected chi connectivity index (χ0v) is 25.1. The van der Waals surface area contributed by atoms with Crippen molar-refractivity contribution in [2.75, 3.05) is 24.2 Å². The first-order valence-electron chi connectivity index (χ1n) is 12.7. The van der Waals surface area contributed by atoms with Crippen LogP contribution in [0.4, 0.5) is 14.7 Å². The van der Waals surface area contributed by atoms with Crippen LogP contribution in [0, 0.1) is 11.1 Å². The van der Waals surface area contributed by atoms with Gasteiger partial charge in [-0.1, -0.05) is 29.3 Å². The van der Waals surface area contributed by atoms with E-state index in [1.165, 1.54) is 18.2 Å². The van der Waals surface area contributed by atoms with Gasteiger partial charge in [0, 0.05) is 24.4 Å². The van der Waals surface area contributed by atoms with Gasteiger partial charge in [-0.05, 0) is 36.5 Å². The summed E-state index contributed by atoms with van der Waals surface area (Å²) >= 11 is 12.5. The molecule has 1 unspecified atom stereocenters. The molecule has 1 N–H and O–H groups in total. The molecule has 1 aromatic carbocycles. The zero-order chi connectivity index (χ0) is 32.0. The van der Waals surface area contributed by atoms with E-state index in [0.29, 0.717) is 4.73 Å². The van der Waals surface area contributed by atoms with Crippen molar-refractivity contribution in [3.8, 4) is 11.5 Å². The van der Waals surface area contributed by atoms with Crippen LogP contribution in [0.25, 0.3) is 0 Å². The number of aromatic nitrogens is 3. The molecule has 4 rings (SSSR count). The van der Waals surface area contributed by atoms with E-state index in [-0.39, 0.29) is 63.1 Å². The van der Waals surface area contributed by atoms with Crippen molar-refractivity contribution in [2.45, 2.75) is 32.0 Å². The molecule has 2 heterocycles. The van der Waals surface area contributed by atoms with E-state index in [4.69, 9.17) is 37.4 Å². The second-order valence-corrected chi connectivity index (χ2v) is 12.1. The first-order chi connectivity index (χ1) is 20.8. The van der Waals surface area contributed by atoms with E-state index in [9.17, 15) is 32.0 Å². The second kappa shape index (κ2) is 14.2. The van der Waals surface area contributed by atoms with Gasteiger partial charge in [-0.3, -0.25) is 4.72 Å². The molecule has 1 atom stereocenters. The molecule has 0 spiro atoms. The Labute approximate surface area is 259 Å². The molecular weight excluding hydrogens is 653 g/mol. The van der Waals surface area contributed by atoms with Gasteiger partial charge < -0.3 is 24.2 Å². The Morgan fingerprint density at radius 2 is 1.80 bits per heavy atom. The number of nitrogens with zero attached hydrogens (tertiary/aromatic N) is 3. The van der Waals surface area contributed by atoms with Crippen molar-refractivity contribution in [1.29, 1.82) is 0 Å². The fourth-order valence-corrected chi connectivity index (χ4v) is 4.75. The van der Waals surface area contributed by atoms with E-state index in [2.05, 4.69) is 14.7 Å². The monoisotopic (exact) mass is 676 g/mol. The number of hydrogen-bond acceptors (Lipinski definition) is 11. The third-order valence-corrected chi connectivity index (χ3v) is 7.14. The Balaban J connectivity index is 1.53. The van der Waals surface area contributed by atoms with Gasteiger partial charge in [0.25, 0.3) is 0 Å². The molecule has 1 saturated carbocycles. The topological polar surface area (TPSA) is 170 Å². The number of carbonyl (C=O) groups is 2. The molecule has 0 radical (unpaired) electrons. The molecule has 0 amide bonds. The minimum absolute atomic E-state index is 0.0151. The van der Waals surface area contributed by atoms with Gasteiger partial charge in [0.15, 0.2) is 30.5 Å². The lowest BCUT2D eigenvalue weighted by Crippen LogP contribution is -2.26. The van der Waals surface area contributed by atoms with Gasteiger partial charge in [0.05, 0.1) is 18.4 Å². The standard InChI is InChI=1S/C26H24Cl2F2N4O9S/c1-44(38,39)33-26-31-8-16(9-32-26)24(36)41-13-23(35)42-21(7-17-18(27)10-34(37)11-19(17)28)15-4-5-20(43-25(29)30)22(6-15)40-12-14-2-3-14/h4-6,8-11,14,21,25H,2-3,7,12-13H2,1H3,(H,31,32,33). The van der Waals surface area contributed by atoms with Crippen molar-refractivity contribution in [3.63, 3.8) is 0 Å². The van der Waals surface area contributed by atoms with Gasteiger partial charge in [-0.25, -0.2) is 28.0 Å². The number of anilines is 1. The van der Waals surface area contributed by atoms with E-state index in [1.54, 1.807) is 0 Å². The van der Waals surface area contributed by atoms with Crippen molar-refractivity contribution in [1.82, 2.24) is 9.97 Å². The summed E-state index contributed by atoms with van der Waals surface area (Å²) in [6, 6.07) is 3.96. The lowest BCUT2D eigenvalue weighted by Gasteiger charge is -2.21. The predicted octanol–water partition coefficient (Wildman–Crippen LogP) is 3.86. The van der Waals surface area contributed by atoms with Crippen LogP contribution in [0.15, 0.2) is 43.0 Å². The molecule has 13 nitrogen and oxygen atoms in total. The molecule has 0 bridgehead atoms. The van der Waals surface area contributed by atoms with Crippen LogP contribution in [0.3, 0.4) is 0 Å². The highest BCUT2D eigenvalue weighted by atomic mass is 35.5. The summed E-state index contributed by atoms with van der Waals surface area (Å²) in [4.78, 5) is 32.6. The van der Waals surface area contributed by atoms with Crippen LogP contribution in [0.2, 0.25) is 10.0 Å². The number of carbonyl (C=O) groups excluding carboxylic acids is 2. The first-order valence-corrected chi connectivity index (χ1v) is 15.4. The summed E-state index contributed by atoms with van der Waals surface area (Å²) in [5.41, 5.74) is 0.322. The first kappa shape index (κ1) is 32.9. The number of esters is 2. The highest BCUT2D eigenvalue weighted by molar-refractivity contribution is 7.91. The summed E-state index contributed by atoms with van der Waals surface area (Å²) in [5.74, 6) is -2.28. The number of halogens is 4. The minimum atomic E-state index is -3.65. The molecule has 0 saturated heterocycles. The molecule has 44 heavy (non-hydrogen) atoms. The molecular formula is C26H24Cl2F2N4O9S. The number of rotatable bonds is 14. The highest BCUT2D eigenvalue weighted by Gasteiger charge is 2.27. The van der Waals surface area contributed by atoms with Crippen LogP contribution in [-0.2, 0) is 30.7 Å².